The van der Waals surface area contributed by atoms with Crippen molar-refractivity contribution in [2.75, 3.05) is 0 Å². The molecular weight excluding hydrogens is 1000 g/mol. The maximum absolute atomic E-state index is 12.6. The second kappa shape index (κ2) is 24.4. The Hall–Kier alpha value is -1.42. The Balaban J connectivity index is 0.000000157. The summed E-state index contributed by atoms with van der Waals surface area (Å²) in [6.45, 7) is 20.4. The minimum absolute atomic E-state index is 0. The van der Waals surface area contributed by atoms with Crippen molar-refractivity contribution in [1.82, 2.24) is 0 Å². The van der Waals surface area contributed by atoms with Gasteiger partial charge in [-0.15, -0.1) is 0 Å². The molecule has 8 nitrogen and oxygen atoms in total. The minimum Gasteiger partial charge on any atom is -0.870 e. The Labute approximate surface area is 507 Å². The van der Waals surface area contributed by atoms with Crippen LogP contribution < -0.4 is 29.6 Å². The van der Waals surface area contributed by atoms with E-state index in [1.54, 1.807) is 0 Å². The van der Waals surface area contributed by atoms with Crippen LogP contribution in [0.3, 0.4) is 0 Å². The molecule has 0 radical (unpaired) electrons. The first-order chi connectivity index (χ1) is 36.5. The summed E-state index contributed by atoms with van der Waals surface area (Å²) in [6.07, 6.45) is 32.4. The number of rotatable bonds is 5. The number of fused-ring (bicyclic) bond motifs is 15. The molecule has 1 aromatic rings. The minimum atomic E-state index is -0.169. The van der Waals surface area contributed by atoms with Crippen LogP contribution in [0.4, 0.5) is 0 Å². The van der Waals surface area contributed by atoms with Gasteiger partial charge in [-0.25, -0.2) is 4.79 Å². The number of Topliss-reactive ketones (excluding diaryl/α,β-unsaturated/α-hetero) is 3. The number of esters is 1. The Morgan fingerprint density at radius 3 is 1.07 bits per heavy atom. The zero-order valence-corrected chi connectivity index (χ0v) is 53.3. The molecule has 12 aliphatic rings. The number of hydrogen-bond acceptors (Lipinski definition) is 8. The molecule has 12 aliphatic carbocycles. The van der Waals surface area contributed by atoms with Crippen LogP contribution in [-0.4, -0.2) is 57.3 Å². The molecule has 0 aliphatic heterocycles. The fourth-order valence-electron chi connectivity index (χ4n) is 24.6. The summed E-state index contributed by atoms with van der Waals surface area (Å²) in [4.78, 5) is 49.3. The van der Waals surface area contributed by atoms with E-state index in [2.05, 4.69) is 41.5 Å². The Kier molecular flexibility index (Phi) is 19.7. The molecular formula is C71H111NaO8. The number of ether oxygens (including phenoxy) is 1. The third-order valence-corrected chi connectivity index (χ3v) is 28.6. The van der Waals surface area contributed by atoms with Crippen molar-refractivity contribution in [1.29, 1.82) is 0 Å². The average molecular weight is 1120 g/mol. The van der Waals surface area contributed by atoms with Crippen molar-refractivity contribution in [3.8, 4) is 0 Å². The van der Waals surface area contributed by atoms with Crippen molar-refractivity contribution in [2.24, 2.45) is 121 Å². The second-order valence-corrected chi connectivity index (χ2v) is 31.4. The van der Waals surface area contributed by atoms with Crippen molar-refractivity contribution in [3.63, 3.8) is 0 Å². The number of aliphatic hydroxyl groups is 2. The zero-order chi connectivity index (χ0) is 54.6. The van der Waals surface area contributed by atoms with E-state index in [0.29, 0.717) is 56.9 Å². The van der Waals surface area contributed by atoms with E-state index < -0.39 is 0 Å². The van der Waals surface area contributed by atoms with E-state index in [-0.39, 0.29) is 88.9 Å². The molecule has 3 N–H and O–H groups in total. The molecule has 9 unspecified atom stereocenters. The molecule has 24 atom stereocenters. The van der Waals surface area contributed by atoms with Crippen LogP contribution in [0.2, 0.25) is 0 Å². The number of benzene rings is 1. The fraction of sp³-hybridized carbons (Fsp3) is 0.859. The Morgan fingerprint density at radius 2 is 0.725 bits per heavy atom. The normalized spacial score (nSPS) is 49.0. The summed E-state index contributed by atoms with van der Waals surface area (Å²) in [7, 11) is 0. The zero-order valence-electron chi connectivity index (χ0n) is 51.3. The molecule has 1 aromatic carbocycles. The maximum atomic E-state index is 12.6. The van der Waals surface area contributed by atoms with Crippen molar-refractivity contribution in [2.45, 2.75) is 261 Å². The topological polar surface area (TPSA) is 148 Å². The van der Waals surface area contributed by atoms with Gasteiger partial charge in [0, 0.05) is 17.8 Å². The molecule has 0 spiro atoms. The van der Waals surface area contributed by atoms with Gasteiger partial charge < -0.3 is 20.4 Å². The van der Waals surface area contributed by atoms with E-state index in [9.17, 15) is 29.4 Å². The average Bonchev–Trinajstić information content (AvgIpc) is 4.24. The third kappa shape index (κ3) is 10.9. The SMILES string of the molecule is C.CC(=O)[C@H]1CCC2C3CC[C@H]4C[C@@H](O)CC[C@]4(C)C3CC[C@@]21C.CC(=O)[C@H]1CCC2C3CC[C@H]4C[C@H](O)CC[C@]4(C)C3CC[C@@]21C.CC(=O)[C@H]1CCC2C3CC[C@H]4C[C@H](OC(=O)c5ccccc5)CC[C@]4(C)C3CC[C@@]21C.[Na+].[OH-]. The second-order valence-electron chi connectivity index (χ2n) is 31.4. The van der Waals surface area contributed by atoms with Crippen LogP contribution in [-0.2, 0) is 19.1 Å². The van der Waals surface area contributed by atoms with Gasteiger partial charge in [-0.1, -0.05) is 67.2 Å². The van der Waals surface area contributed by atoms with Gasteiger partial charge in [0.2, 0.25) is 0 Å². The van der Waals surface area contributed by atoms with E-state index >= 15 is 0 Å². The molecule has 0 aromatic heterocycles. The number of hydrogen-bond donors (Lipinski definition) is 2. The van der Waals surface area contributed by atoms with Crippen LogP contribution in [0.15, 0.2) is 30.3 Å². The Bertz CT molecular complexity index is 2270. The van der Waals surface area contributed by atoms with Crippen LogP contribution in [0.1, 0.15) is 253 Å². The summed E-state index contributed by atoms with van der Waals surface area (Å²) in [5.74, 6) is 11.4. The van der Waals surface area contributed by atoms with E-state index in [1.165, 1.54) is 116 Å². The van der Waals surface area contributed by atoms with Gasteiger partial charge in [0.1, 0.15) is 23.5 Å². The summed E-state index contributed by atoms with van der Waals surface area (Å²) < 4.78 is 5.96. The molecule has 9 heteroatoms. The molecule has 80 heavy (non-hydrogen) atoms. The standard InChI is InChI=1S/C28H38O3.2C21H34O2.CH4.Na.H2O/c1-18(29)23-11-12-24-22-10-9-20-17-21(31-26(30)19-7-5-4-6-8-19)13-15-27(20,2)25(22)14-16-28(23,24)3;2*1-13(22)17-6-7-18-16-5-4-14-12-15(23)8-10-20(14,2)19(16)9-11-21(17,18)3;;;/h4-8,20-25H,9-17H2,1-3H3;2*14-19,23H,4-12H2,1-3H3;1H4;;1H2/q;;;;+1;/p-1/t20-,21+,22?,23+,24?,25?,27-,28+;14-,15+,16?,17+,18?,19?,20-,21+;14-,15-,16?,17+,18?,19?,20-,21+;;;/m000.../s1. The molecule has 0 heterocycles. The third-order valence-electron chi connectivity index (χ3n) is 28.6. The quantitative estimate of drug-likeness (QED) is 0.219. The van der Waals surface area contributed by atoms with Gasteiger partial charge in [-0.3, -0.25) is 14.4 Å². The van der Waals surface area contributed by atoms with E-state index in [1.807, 2.05) is 51.1 Å². The van der Waals surface area contributed by atoms with Crippen LogP contribution in [0.5, 0.6) is 0 Å². The first-order valence-corrected chi connectivity index (χ1v) is 32.7. The number of aliphatic hydroxyl groups excluding tert-OH is 2. The van der Waals surface area contributed by atoms with Gasteiger partial charge in [-0.05, 0) is 310 Å². The van der Waals surface area contributed by atoms with Gasteiger partial charge in [0.15, 0.2) is 0 Å². The first kappa shape index (κ1) is 64.6. The van der Waals surface area contributed by atoms with Gasteiger partial charge in [0.25, 0.3) is 0 Å². The number of ketones is 3. The smallest absolute Gasteiger partial charge is 0.870 e. The van der Waals surface area contributed by atoms with Gasteiger partial charge >= 0.3 is 35.5 Å². The molecule has 444 valence electrons. The number of carbonyl (C=O) groups excluding carboxylic acids is 4. The summed E-state index contributed by atoms with van der Waals surface area (Å²) in [6, 6.07) is 9.41. The van der Waals surface area contributed by atoms with Crippen LogP contribution >= 0.6 is 0 Å². The molecule has 12 fully saturated rings. The first-order valence-electron chi connectivity index (χ1n) is 32.7. The summed E-state index contributed by atoms with van der Waals surface area (Å²) in [5.41, 5.74) is 2.74. The molecule has 0 bridgehead atoms. The summed E-state index contributed by atoms with van der Waals surface area (Å²) >= 11 is 0. The van der Waals surface area contributed by atoms with E-state index in [0.717, 1.165) is 123 Å². The van der Waals surface area contributed by atoms with Crippen LogP contribution in [0, 0.1) is 121 Å². The van der Waals surface area contributed by atoms with Gasteiger partial charge in [0.05, 0.1) is 17.8 Å². The van der Waals surface area contributed by atoms with Gasteiger partial charge in [-0.2, -0.15) is 0 Å². The van der Waals surface area contributed by atoms with E-state index in [4.69, 9.17) is 4.74 Å². The molecule has 0 amide bonds. The predicted octanol–water partition coefficient (Wildman–Crippen LogP) is 13.1. The van der Waals surface area contributed by atoms with Crippen molar-refractivity contribution in [3.05, 3.63) is 35.9 Å². The molecule has 0 saturated heterocycles. The molecule has 13 rings (SSSR count). The van der Waals surface area contributed by atoms with Crippen LogP contribution in [0.25, 0.3) is 0 Å². The Morgan fingerprint density at radius 1 is 0.412 bits per heavy atom. The number of carbonyl (C=O) groups is 4. The maximum Gasteiger partial charge on any atom is 1.00 e. The largest absolute Gasteiger partial charge is 1.00 e. The van der Waals surface area contributed by atoms with Crippen molar-refractivity contribution >= 4 is 23.3 Å². The molecule has 12 saturated carbocycles. The monoisotopic (exact) mass is 1110 g/mol. The fourth-order valence-corrected chi connectivity index (χ4v) is 24.6. The predicted molar refractivity (Wildman–Crippen MR) is 314 cm³/mol. The summed E-state index contributed by atoms with van der Waals surface area (Å²) in [5, 5.41) is 20.2. The van der Waals surface area contributed by atoms with Crippen molar-refractivity contribution < 1.29 is 69.2 Å².